The fourth-order valence-corrected chi connectivity index (χ4v) is 3.60. The summed E-state index contributed by atoms with van der Waals surface area (Å²) in [4.78, 5) is 11.2. The van der Waals surface area contributed by atoms with Crippen LogP contribution in [-0.2, 0) is 0 Å². The van der Waals surface area contributed by atoms with E-state index in [-0.39, 0.29) is 0 Å². The van der Waals surface area contributed by atoms with Crippen LogP contribution in [0.15, 0.2) is 12.4 Å². The fourth-order valence-electron chi connectivity index (χ4n) is 3.60. The van der Waals surface area contributed by atoms with Gasteiger partial charge in [-0.05, 0) is 39.2 Å². The van der Waals surface area contributed by atoms with Crippen LogP contribution in [0.25, 0.3) is 5.78 Å². The lowest BCUT2D eigenvalue weighted by atomic mass is 9.97. The van der Waals surface area contributed by atoms with E-state index in [1.54, 1.807) is 10.8 Å². The molecule has 0 aromatic carbocycles. The highest BCUT2D eigenvalue weighted by atomic mass is 15.4. The second-order valence-electron chi connectivity index (χ2n) is 5.95. The van der Waals surface area contributed by atoms with Gasteiger partial charge in [-0.15, -0.1) is 0 Å². The third-order valence-electron chi connectivity index (χ3n) is 4.55. The maximum Gasteiger partial charge on any atom is 0.254 e. The van der Waals surface area contributed by atoms with Crippen LogP contribution in [-0.4, -0.2) is 49.7 Å². The Hall–Kier alpha value is -1.69. The minimum Gasteiger partial charge on any atom is -0.367 e. The zero-order valence-electron chi connectivity index (χ0n) is 11.8. The minimum atomic E-state index is 0.531. The van der Waals surface area contributed by atoms with Gasteiger partial charge >= 0.3 is 0 Å². The second-order valence-corrected chi connectivity index (χ2v) is 5.95. The van der Waals surface area contributed by atoms with E-state index >= 15 is 0 Å². The predicted molar refractivity (Wildman–Crippen MR) is 76.8 cm³/mol. The summed E-state index contributed by atoms with van der Waals surface area (Å²) in [6, 6.07) is 3.36. The molecule has 0 aliphatic carbocycles. The first kappa shape index (κ1) is 12.1. The highest BCUT2D eigenvalue weighted by Gasteiger charge is 2.31. The summed E-state index contributed by atoms with van der Waals surface area (Å²) in [5.41, 5.74) is 0.978. The van der Waals surface area contributed by atoms with Gasteiger partial charge in [0.15, 0.2) is 0 Å². The molecule has 0 bridgehead atoms. The maximum atomic E-state index is 4.38. The zero-order valence-corrected chi connectivity index (χ0v) is 11.8. The third kappa shape index (κ3) is 2.04. The van der Waals surface area contributed by atoms with Crippen LogP contribution >= 0.6 is 0 Å². The summed E-state index contributed by atoms with van der Waals surface area (Å²) in [7, 11) is 0. The van der Waals surface area contributed by atoms with Gasteiger partial charge in [0, 0.05) is 30.4 Å². The number of aryl methyl sites for hydroxylation is 1. The van der Waals surface area contributed by atoms with Crippen LogP contribution in [0, 0.1) is 6.92 Å². The number of aromatic nitrogens is 4. The monoisotopic (exact) mass is 272 g/mol. The van der Waals surface area contributed by atoms with E-state index in [1.165, 1.54) is 38.8 Å². The van der Waals surface area contributed by atoms with Gasteiger partial charge in [-0.3, -0.25) is 0 Å². The molecule has 4 heterocycles. The molecule has 106 valence electrons. The fraction of sp³-hybridized carbons (Fsp3) is 0.643. The molecule has 2 atom stereocenters. The molecule has 2 fully saturated rings. The zero-order chi connectivity index (χ0) is 13.5. The van der Waals surface area contributed by atoms with Gasteiger partial charge in [-0.2, -0.15) is 14.6 Å². The first-order chi connectivity index (χ1) is 9.79. The predicted octanol–water partition coefficient (Wildman–Crippen LogP) is 1.47. The van der Waals surface area contributed by atoms with E-state index < -0.39 is 0 Å². The number of nitrogens with zero attached hydrogens (tertiary/aromatic N) is 5. The number of rotatable bonds is 2. The van der Waals surface area contributed by atoms with Crippen molar-refractivity contribution in [1.29, 1.82) is 0 Å². The molecule has 2 aliphatic heterocycles. The molecule has 2 aromatic rings. The Labute approximate surface area is 118 Å². The van der Waals surface area contributed by atoms with E-state index in [4.69, 9.17) is 0 Å². The number of fused-ring (bicyclic) bond motifs is 2. The molecule has 1 N–H and O–H groups in total. The molecule has 2 aliphatic rings. The topological polar surface area (TPSA) is 58.4 Å². The number of piperidine rings is 1. The van der Waals surface area contributed by atoms with Crippen molar-refractivity contribution in [2.45, 2.75) is 44.7 Å². The number of nitrogens with one attached hydrogen (secondary N) is 1. The summed E-state index contributed by atoms with van der Waals surface area (Å²) < 4.78 is 1.80. The Kier molecular flexibility index (Phi) is 2.84. The van der Waals surface area contributed by atoms with E-state index in [0.29, 0.717) is 11.8 Å². The molecule has 0 spiro atoms. The summed E-state index contributed by atoms with van der Waals surface area (Å²) in [5.74, 6) is 1.69. The van der Waals surface area contributed by atoms with Crippen molar-refractivity contribution < 1.29 is 0 Å². The average Bonchev–Trinajstić information content (AvgIpc) is 3.05. The van der Waals surface area contributed by atoms with Gasteiger partial charge in [0.05, 0.1) is 0 Å². The van der Waals surface area contributed by atoms with Gasteiger partial charge in [0.1, 0.15) is 12.1 Å². The Morgan fingerprint density at radius 3 is 3.20 bits per heavy atom. The molecular weight excluding hydrogens is 252 g/mol. The molecule has 0 radical (unpaired) electrons. The molecule has 4 rings (SSSR count). The van der Waals surface area contributed by atoms with Gasteiger partial charge in [0.25, 0.3) is 5.78 Å². The molecule has 2 aromatic heterocycles. The quantitative estimate of drug-likeness (QED) is 0.897. The minimum absolute atomic E-state index is 0.531. The number of anilines is 1. The third-order valence-corrected chi connectivity index (χ3v) is 4.55. The highest BCUT2D eigenvalue weighted by Crippen LogP contribution is 2.28. The lowest BCUT2D eigenvalue weighted by Gasteiger charge is -2.35. The van der Waals surface area contributed by atoms with Crippen molar-refractivity contribution in [1.82, 2.24) is 24.5 Å². The second kappa shape index (κ2) is 4.70. The van der Waals surface area contributed by atoms with Crippen molar-refractivity contribution in [2.24, 2.45) is 0 Å². The molecule has 2 unspecified atom stereocenters. The largest absolute Gasteiger partial charge is 0.367 e. The first-order valence-corrected chi connectivity index (χ1v) is 7.47. The standard InChI is InChI=1S/C14H20N6/c1-10-7-13(20-14(17-10)15-9-16-20)18-11-4-6-19-5-2-3-12(19)8-11/h7,9,11-12,18H,2-6,8H2,1H3. The van der Waals surface area contributed by atoms with Crippen LogP contribution in [0.1, 0.15) is 31.4 Å². The summed E-state index contributed by atoms with van der Waals surface area (Å²) >= 11 is 0. The smallest absolute Gasteiger partial charge is 0.254 e. The van der Waals surface area contributed by atoms with Crippen molar-refractivity contribution in [3.8, 4) is 0 Å². The van der Waals surface area contributed by atoms with Gasteiger partial charge < -0.3 is 10.2 Å². The van der Waals surface area contributed by atoms with Crippen molar-refractivity contribution in [2.75, 3.05) is 18.4 Å². The molecule has 20 heavy (non-hydrogen) atoms. The Morgan fingerprint density at radius 2 is 2.25 bits per heavy atom. The Balaban J connectivity index is 1.56. The Morgan fingerprint density at radius 1 is 1.30 bits per heavy atom. The molecule has 0 amide bonds. The van der Waals surface area contributed by atoms with Crippen LogP contribution < -0.4 is 5.32 Å². The van der Waals surface area contributed by atoms with Crippen molar-refractivity contribution in [3.05, 3.63) is 18.1 Å². The van der Waals surface area contributed by atoms with E-state index in [1.807, 2.05) is 6.92 Å². The van der Waals surface area contributed by atoms with Gasteiger partial charge in [-0.1, -0.05) is 0 Å². The highest BCUT2D eigenvalue weighted by molar-refractivity contribution is 5.45. The number of hydrogen-bond acceptors (Lipinski definition) is 5. The molecule has 2 saturated heterocycles. The average molecular weight is 272 g/mol. The van der Waals surface area contributed by atoms with Gasteiger partial charge in [-0.25, -0.2) is 4.98 Å². The SMILES string of the molecule is Cc1cc(NC2CCN3CCCC3C2)n2ncnc2n1. The van der Waals surface area contributed by atoms with Crippen LogP contribution in [0.2, 0.25) is 0 Å². The molecule has 6 heteroatoms. The van der Waals surface area contributed by atoms with Crippen LogP contribution in [0.5, 0.6) is 0 Å². The number of hydrogen-bond donors (Lipinski definition) is 1. The summed E-state index contributed by atoms with van der Waals surface area (Å²) in [6.45, 7) is 4.51. The van der Waals surface area contributed by atoms with E-state index in [0.717, 1.165) is 17.6 Å². The van der Waals surface area contributed by atoms with Crippen molar-refractivity contribution >= 4 is 11.6 Å². The lowest BCUT2D eigenvalue weighted by molar-refractivity contribution is 0.188. The van der Waals surface area contributed by atoms with Crippen LogP contribution in [0.4, 0.5) is 5.82 Å². The maximum absolute atomic E-state index is 4.38. The molecule has 6 nitrogen and oxygen atoms in total. The normalized spacial score (nSPS) is 26.9. The van der Waals surface area contributed by atoms with E-state index in [9.17, 15) is 0 Å². The Bertz CT molecular complexity index is 621. The van der Waals surface area contributed by atoms with Crippen LogP contribution in [0.3, 0.4) is 0 Å². The van der Waals surface area contributed by atoms with Gasteiger partial charge in [0.2, 0.25) is 0 Å². The summed E-state index contributed by atoms with van der Waals surface area (Å²) in [6.07, 6.45) is 6.71. The lowest BCUT2D eigenvalue weighted by Crippen LogP contribution is -2.43. The van der Waals surface area contributed by atoms with Crippen molar-refractivity contribution in [3.63, 3.8) is 0 Å². The summed E-state index contributed by atoms with van der Waals surface area (Å²) in [5, 5.41) is 7.92. The molecule has 0 saturated carbocycles. The van der Waals surface area contributed by atoms with E-state index in [2.05, 4.69) is 31.3 Å². The molecular formula is C14H20N6. The first-order valence-electron chi connectivity index (χ1n) is 7.47.